The second-order valence-electron chi connectivity index (χ2n) is 5.83. The molecule has 6 heteroatoms. The number of nitrogens with one attached hydrogen (secondary N) is 1. The molecule has 0 saturated carbocycles. The Labute approximate surface area is 127 Å². The van der Waals surface area contributed by atoms with Crippen LogP contribution in [-0.2, 0) is 7.05 Å². The first kappa shape index (κ1) is 15.4. The van der Waals surface area contributed by atoms with E-state index in [4.69, 9.17) is 0 Å². The maximum atomic E-state index is 13.1. The second-order valence-corrected chi connectivity index (χ2v) is 5.83. The van der Waals surface area contributed by atoms with Gasteiger partial charge in [0.15, 0.2) is 0 Å². The van der Waals surface area contributed by atoms with E-state index in [9.17, 15) is 13.2 Å². The van der Waals surface area contributed by atoms with Crippen LogP contribution in [0.5, 0.6) is 0 Å². The monoisotopic (exact) mass is 311 g/mol. The molecule has 1 aromatic heterocycles. The summed E-state index contributed by atoms with van der Waals surface area (Å²) in [6.07, 6.45) is -3.13. The Kier molecular flexibility index (Phi) is 4.14. The zero-order valence-electron chi connectivity index (χ0n) is 12.5. The average molecular weight is 311 g/mol. The molecule has 0 bridgehead atoms. The third-order valence-electron chi connectivity index (χ3n) is 4.30. The van der Waals surface area contributed by atoms with Gasteiger partial charge in [0.2, 0.25) is 0 Å². The van der Waals surface area contributed by atoms with E-state index in [1.807, 2.05) is 47.0 Å². The van der Waals surface area contributed by atoms with Crippen LogP contribution < -0.4 is 5.32 Å². The molecule has 1 atom stereocenters. The highest BCUT2D eigenvalue weighted by Crippen LogP contribution is 2.37. The number of hydrogen-bond acceptors (Lipinski definition) is 2. The Hall–Kier alpha value is -1.53. The summed E-state index contributed by atoms with van der Waals surface area (Å²) >= 11 is 0. The first-order valence-corrected chi connectivity index (χ1v) is 7.51. The molecule has 22 heavy (non-hydrogen) atoms. The minimum absolute atomic E-state index is 0.617. The van der Waals surface area contributed by atoms with Crippen LogP contribution in [0, 0.1) is 0 Å². The van der Waals surface area contributed by atoms with Crippen molar-refractivity contribution in [3.05, 3.63) is 36.0 Å². The van der Waals surface area contributed by atoms with Crippen LogP contribution in [0.2, 0.25) is 0 Å². The van der Waals surface area contributed by atoms with Gasteiger partial charge in [0.1, 0.15) is 0 Å². The van der Waals surface area contributed by atoms with Crippen molar-refractivity contribution in [1.29, 1.82) is 0 Å². The molecule has 1 N–H and O–H groups in total. The number of fused-ring (bicyclic) bond motifs is 1. The smallest absolute Gasteiger partial charge is 0.350 e. The summed E-state index contributed by atoms with van der Waals surface area (Å²) in [5.74, 6) is 0. The number of para-hydroxylation sites is 1. The van der Waals surface area contributed by atoms with Gasteiger partial charge in [-0.05, 0) is 11.6 Å². The number of halogens is 3. The molecule has 3 rings (SSSR count). The molecule has 1 fully saturated rings. The molecule has 2 aromatic rings. The highest BCUT2D eigenvalue weighted by molar-refractivity contribution is 5.84. The van der Waals surface area contributed by atoms with Crippen LogP contribution in [-0.4, -0.2) is 41.8 Å². The summed E-state index contributed by atoms with van der Waals surface area (Å²) in [6, 6.07) is 7.04. The normalized spacial score (nSPS) is 18.7. The molecule has 1 aliphatic heterocycles. The molecule has 0 amide bonds. The predicted molar refractivity (Wildman–Crippen MR) is 80.8 cm³/mol. The van der Waals surface area contributed by atoms with E-state index in [2.05, 4.69) is 5.32 Å². The number of rotatable bonds is 3. The van der Waals surface area contributed by atoms with Crippen molar-refractivity contribution < 1.29 is 13.2 Å². The maximum Gasteiger partial charge on any atom is 0.390 e. The Morgan fingerprint density at radius 1 is 1.18 bits per heavy atom. The molecule has 3 nitrogen and oxygen atoms in total. The molecule has 1 saturated heterocycles. The second kappa shape index (κ2) is 5.93. The van der Waals surface area contributed by atoms with Gasteiger partial charge >= 0.3 is 6.18 Å². The standard InChI is InChI=1S/C16H20F3N3/c1-21-11-13(12-4-2-3-5-14(12)21)15(10-16(17,18)19)22-8-6-20-7-9-22/h2-5,11,15,20H,6-10H2,1H3/t15-/m0/s1. The molecule has 0 spiro atoms. The summed E-state index contributed by atoms with van der Waals surface area (Å²) in [5, 5.41) is 4.11. The maximum absolute atomic E-state index is 13.1. The van der Waals surface area contributed by atoms with Crippen LogP contribution in [0.15, 0.2) is 30.5 Å². The van der Waals surface area contributed by atoms with Crippen molar-refractivity contribution in [3.8, 4) is 0 Å². The Morgan fingerprint density at radius 3 is 2.55 bits per heavy atom. The minimum Gasteiger partial charge on any atom is -0.350 e. The van der Waals surface area contributed by atoms with Gasteiger partial charge < -0.3 is 9.88 Å². The van der Waals surface area contributed by atoms with E-state index >= 15 is 0 Å². The topological polar surface area (TPSA) is 20.2 Å². The highest BCUT2D eigenvalue weighted by Gasteiger charge is 2.37. The van der Waals surface area contributed by atoms with Crippen molar-refractivity contribution in [2.45, 2.75) is 18.6 Å². The van der Waals surface area contributed by atoms with Crippen molar-refractivity contribution in [3.63, 3.8) is 0 Å². The zero-order chi connectivity index (χ0) is 15.7. The van der Waals surface area contributed by atoms with Gasteiger partial charge in [-0.15, -0.1) is 0 Å². The third kappa shape index (κ3) is 3.13. The lowest BCUT2D eigenvalue weighted by molar-refractivity contribution is -0.148. The fourth-order valence-electron chi connectivity index (χ4n) is 3.29. The van der Waals surface area contributed by atoms with Gasteiger partial charge in [-0.25, -0.2) is 0 Å². The number of nitrogens with zero attached hydrogens (tertiary/aromatic N) is 2. The molecule has 120 valence electrons. The largest absolute Gasteiger partial charge is 0.390 e. The zero-order valence-corrected chi connectivity index (χ0v) is 12.5. The van der Waals surface area contributed by atoms with E-state index in [-0.39, 0.29) is 0 Å². The summed E-state index contributed by atoms with van der Waals surface area (Å²) < 4.78 is 41.2. The number of piperazine rings is 1. The lowest BCUT2D eigenvalue weighted by atomic mass is 10.00. The summed E-state index contributed by atoms with van der Waals surface area (Å²) in [4.78, 5) is 1.95. The van der Waals surface area contributed by atoms with Crippen molar-refractivity contribution in [1.82, 2.24) is 14.8 Å². The van der Waals surface area contributed by atoms with Crippen molar-refractivity contribution in [2.24, 2.45) is 7.05 Å². The Bertz CT molecular complexity index is 642. The minimum atomic E-state index is -4.17. The van der Waals surface area contributed by atoms with Gasteiger partial charge in [-0.2, -0.15) is 13.2 Å². The van der Waals surface area contributed by atoms with Crippen molar-refractivity contribution >= 4 is 10.9 Å². The van der Waals surface area contributed by atoms with E-state index in [0.29, 0.717) is 13.1 Å². The summed E-state index contributed by atoms with van der Waals surface area (Å²) in [5.41, 5.74) is 1.75. The third-order valence-corrected chi connectivity index (χ3v) is 4.30. The molecule has 0 radical (unpaired) electrons. The number of hydrogen-bond donors (Lipinski definition) is 1. The van der Waals surface area contributed by atoms with Gasteiger partial charge in [-0.3, -0.25) is 4.90 Å². The van der Waals surface area contributed by atoms with Gasteiger partial charge in [0.25, 0.3) is 0 Å². The first-order chi connectivity index (χ1) is 10.5. The Morgan fingerprint density at radius 2 is 1.86 bits per heavy atom. The van der Waals surface area contributed by atoms with E-state index < -0.39 is 18.6 Å². The number of aryl methyl sites for hydroxylation is 1. The fraction of sp³-hybridized carbons (Fsp3) is 0.500. The van der Waals surface area contributed by atoms with Crippen LogP contribution in [0.1, 0.15) is 18.0 Å². The molecular weight excluding hydrogens is 291 g/mol. The molecule has 1 aliphatic rings. The van der Waals surface area contributed by atoms with Gasteiger partial charge in [0, 0.05) is 56.4 Å². The fourth-order valence-corrected chi connectivity index (χ4v) is 3.29. The number of alkyl halides is 3. The Balaban J connectivity index is 2.03. The molecule has 1 aromatic carbocycles. The quantitative estimate of drug-likeness (QED) is 0.940. The van der Waals surface area contributed by atoms with Crippen molar-refractivity contribution in [2.75, 3.05) is 26.2 Å². The van der Waals surface area contributed by atoms with Gasteiger partial charge in [-0.1, -0.05) is 18.2 Å². The molecule has 0 aliphatic carbocycles. The van der Waals surface area contributed by atoms with Gasteiger partial charge in [0.05, 0.1) is 6.42 Å². The average Bonchev–Trinajstić information content (AvgIpc) is 2.83. The summed E-state index contributed by atoms with van der Waals surface area (Å²) in [7, 11) is 1.88. The van der Waals surface area contributed by atoms with Crippen LogP contribution >= 0.6 is 0 Å². The number of aromatic nitrogens is 1. The van der Waals surface area contributed by atoms with E-state index in [0.717, 1.165) is 29.6 Å². The predicted octanol–water partition coefficient (Wildman–Crippen LogP) is 3.08. The molecule has 2 heterocycles. The van der Waals surface area contributed by atoms with Crippen LogP contribution in [0.25, 0.3) is 10.9 Å². The lowest BCUT2D eigenvalue weighted by Crippen LogP contribution is -2.46. The SMILES string of the molecule is Cn1cc([C@H](CC(F)(F)F)N2CCNCC2)c2ccccc21. The van der Waals surface area contributed by atoms with E-state index in [1.54, 1.807) is 0 Å². The van der Waals surface area contributed by atoms with E-state index in [1.165, 1.54) is 0 Å². The highest BCUT2D eigenvalue weighted by atomic mass is 19.4. The number of benzene rings is 1. The first-order valence-electron chi connectivity index (χ1n) is 7.51. The lowest BCUT2D eigenvalue weighted by Gasteiger charge is -2.35. The van der Waals surface area contributed by atoms with Crippen LogP contribution in [0.4, 0.5) is 13.2 Å². The molecule has 0 unspecified atom stereocenters. The summed E-state index contributed by atoms with van der Waals surface area (Å²) in [6.45, 7) is 2.76. The van der Waals surface area contributed by atoms with Crippen LogP contribution in [0.3, 0.4) is 0 Å². The molecular formula is C16H20F3N3.